The standard InChI is InChI=1S/C28H44N6O4S/c1-19(2)34-26-7-5-4-6-25(26)27(31-34)28(36)30-21-14-22-8-9-23(15-21)33(22)18-24(35)17-32-12-10-20(11-13-32)16-29-39(3,37)38/h4-7,19-24,29,35H,8-18H2,1-3H3,(H,30,36)/t21?,22-,23+,24?. The Morgan fingerprint density at radius 1 is 1.08 bits per heavy atom. The minimum absolute atomic E-state index is 0.0985. The van der Waals surface area contributed by atoms with Crippen molar-refractivity contribution in [1.29, 1.82) is 0 Å². The fraction of sp³-hybridized carbons (Fsp3) is 0.714. The summed E-state index contributed by atoms with van der Waals surface area (Å²) in [6, 6.07) is 8.96. The summed E-state index contributed by atoms with van der Waals surface area (Å²) in [5, 5.41) is 19.8. The molecule has 216 valence electrons. The van der Waals surface area contributed by atoms with E-state index in [-0.39, 0.29) is 18.0 Å². The monoisotopic (exact) mass is 560 g/mol. The summed E-state index contributed by atoms with van der Waals surface area (Å²) in [4.78, 5) is 18.1. The van der Waals surface area contributed by atoms with Crippen LogP contribution in [-0.2, 0) is 10.0 Å². The van der Waals surface area contributed by atoms with E-state index in [0.29, 0.717) is 43.3 Å². The van der Waals surface area contributed by atoms with Crippen molar-refractivity contribution in [2.75, 3.05) is 39.0 Å². The molecule has 10 nitrogen and oxygen atoms in total. The number of β-amino-alcohol motifs (C(OH)–C–C–N with tert-alkyl or cyclic N) is 1. The van der Waals surface area contributed by atoms with E-state index in [1.165, 1.54) is 6.26 Å². The maximum absolute atomic E-state index is 13.3. The Hall–Kier alpha value is -2.05. The first-order valence-electron chi connectivity index (χ1n) is 14.5. The van der Waals surface area contributed by atoms with Crippen LogP contribution in [0.3, 0.4) is 0 Å². The number of carbonyl (C=O) groups excluding carboxylic acids is 1. The highest BCUT2D eigenvalue weighted by atomic mass is 32.2. The molecule has 3 saturated heterocycles. The van der Waals surface area contributed by atoms with Crippen LogP contribution in [0.5, 0.6) is 0 Å². The number of nitrogens with zero attached hydrogens (tertiary/aromatic N) is 4. The van der Waals surface area contributed by atoms with Gasteiger partial charge in [0, 0.05) is 49.2 Å². The third-order valence-corrected chi connectivity index (χ3v) is 9.46. The Morgan fingerprint density at radius 2 is 1.74 bits per heavy atom. The molecule has 0 aliphatic carbocycles. The van der Waals surface area contributed by atoms with Crippen LogP contribution in [0.2, 0.25) is 0 Å². The quantitative estimate of drug-likeness (QED) is 0.406. The van der Waals surface area contributed by atoms with Crippen molar-refractivity contribution in [2.24, 2.45) is 5.92 Å². The number of piperidine rings is 2. The van der Waals surface area contributed by atoms with Crippen molar-refractivity contribution in [3.05, 3.63) is 30.0 Å². The summed E-state index contributed by atoms with van der Waals surface area (Å²) >= 11 is 0. The molecule has 0 spiro atoms. The van der Waals surface area contributed by atoms with Gasteiger partial charge < -0.3 is 15.3 Å². The molecule has 1 amide bonds. The van der Waals surface area contributed by atoms with E-state index in [4.69, 9.17) is 0 Å². The van der Waals surface area contributed by atoms with Crippen molar-refractivity contribution >= 4 is 26.8 Å². The molecule has 1 aromatic carbocycles. The van der Waals surface area contributed by atoms with Gasteiger partial charge in [0.05, 0.1) is 17.9 Å². The number of nitrogens with one attached hydrogen (secondary N) is 2. The molecule has 0 radical (unpaired) electrons. The van der Waals surface area contributed by atoms with Crippen LogP contribution in [0.1, 0.15) is 68.9 Å². The minimum Gasteiger partial charge on any atom is -0.390 e. The maximum atomic E-state index is 13.3. The van der Waals surface area contributed by atoms with Gasteiger partial charge in [0.1, 0.15) is 0 Å². The molecule has 1 aromatic heterocycles. The van der Waals surface area contributed by atoms with Gasteiger partial charge in [-0.05, 0) is 77.4 Å². The smallest absolute Gasteiger partial charge is 0.272 e. The highest BCUT2D eigenvalue weighted by Gasteiger charge is 2.42. The number of para-hydroxylation sites is 1. The van der Waals surface area contributed by atoms with Gasteiger partial charge in [0.15, 0.2) is 5.69 Å². The first-order chi connectivity index (χ1) is 18.6. The second-order valence-corrected chi connectivity index (χ2v) is 14.0. The Labute approximate surface area is 232 Å². The molecule has 0 saturated carbocycles. The number of hydrogen-bond donors (Lipinski definition) is 3. The number of fused-ring (bicyclic) bond motifs is 3. The summed E-state index contributed by atoms with van der Waals surface area (Å²) in [5.41, 5.74) is 1.48. The predicted molar refractivity (Wildman–Crippen MR) is 152 cm³/mol. The van der Waals surface area contributed by atoms with E-state index in [1.54, 1.807) is 0 Å². The molecule has 2 unspecified atom stereocenters. The van der Waals surface area contributed by atoms with Crippen LogP contribution in [0.4, 0.5) is 0 Å². The molecule has 2 aromatic rings. The lowest BCUT2D eigenvalue weighted by molar-refractivity contribution is 0.0268. The molecule has 2 bridgehead atoms. The number of amides is 1. The first kappa shape index (κ1) is 28.5. The minimum atomic E-state index is -3.15. The zero-order valence-electron chi connectivity index (χ0n) is 23.4. The fourth-order valence-electron chi connectivity index (χ4n) is 6.84. The van der Waals surface area contributed by atoms with Gasteiger partial charge in [-0.15, -0.1) is 0 Å². The molecule has 3 N–H and O–H groups in total. The van der Waals surface area contributed by atoms with Crippen molar-refractivity contribution in [3.63, 3.8) is 0 Å². The fourth-order valence-corrected chi connectivity index (χ4v) is 7.37. The molecule has 39 heavy (non-hydrogen) atoms. The summed E-state index contributed by atoms with van der Waals surface area (Å²) in [6.45, 7) is 7.72. The average molecular weight is 561 g/mol. The zero-order chi connectivity index (χ0) is 27.7. The van der Waals surface area contributed by atoms with Crippen LogP contribution in [0.25, 0.3) is 10.9 Å². The lowest BCUT2D eigenvalue weighted by Crippen LogP contribution is -2.53. The molecule has 3 fully saturated rings. The van der Waals surface area contributed by atoms with Gasteiger partial charge >= 0.3 is 0 Å². The number of rotatable bonds is 10. The van der Waals surface area contributed by atoms with E-state index in [1.807, 2.05) is 28.9 Å². The van der Waals surface area contributed by atoms with Crippen LogP contribution in [0.15, 0.2) is 24.3 Å². The number of aliphatic hydroxyl groups is 1. The van der Waals surface area contributed by atoms with E-state index >= 15 is 0 Å². The second-order valence-electron chi connectivity index (χ2n) is 12.1. The summed E-state index contributed by atoms with van der Waals surface area (Å²) < 4.78 is 27.3. The van der Waals surface area contributed by atoms with Gasteiger partial charge in [-0.3, -0.25) is 14.4 Å². The van der Waals surface area contributed by atoms with Gasteiger partial charge in [-0.1, -0.05) is 18.2 Å². The Balaban J connectivity index is 1.11. The summed E-state index contributed by atoms with van der Waals surface area (Å²) in [7, 11) is -3.15. The van der Waals surface area contributed by atoms with Crippen LogP contribution < -0.4 is 10.0 Å². The summed E-state index contributed by atoms with van der Waals surface area (Å²) in [5.74, 6) is 0.258. The van der Waals surface area contributed by atoms with Gasteiger partial charge in [0.25, 0.3) is 5.91 Å². The van der Waals surface area contributed by atoms with Crippen molar-refractivity contribution < 1.29 is 18.3 Å². The van der Waals surface area contributed by atoms with E-state index in [2.05, 4.69) is 38.8 Å². The number of benzene rings is 1. The highest BCUT2D eigenvalue weighted by Crippen LogP contribution is 2.36. The Morgan fingerprint density at radius 3 is 2.38 bits per heavy atom. The lowest BCUT2D eigenvalue weighted by Gasteiger charge is -2.41. The normalized spacial score (nSPS) is 25.9. The van der Waals surface area contributed by atoms with Gasteiger partial charge in [0.2, 0.25) is 10.0 Å². The maximum Gasteiger partial charge on any atom is 0.272 e. The second kappa shape index (κ2) is 11.8. The van der Waals surface area contributed by atoms with E-state index < -0.39 is 16.1 Å². The Bertz CT molecular complexity index is 1240. The van der Waals surface area contributed by atoms with Crippen LogP contribution in [0, 0.1) is 5.92 Å². The number of hydrogen-bond acceptors (Lipinski definition) is 7. The highest BCUT2D eigenvalue weighted by molar-refractivity contribution is 7.88. The topological polar surface area (TPSA) is 120 Å². The average Bonchev–Trinajstić information content (AvgIpc) is 3.37. The molecular weight excluding hydrogens is 516 g/mol. The summed E-state index contributed by atoms with van der Waals surface area (Å²) in [6.07, 6.45) is 6.67. The van der Waals surface area contributed by atoms with Crippen LogP contribution in [-0.4, -0.2) is 102 Å². The van der Waals surface area contributed by atoms with Crippen molar-refractivity contribution in [3.8, 4) is 0 Å². The third kappa shape index (κ3) is 6.82. The number of aliphatic hydroxyl groups excluding tert-OH is 1. The molecule has 4 heterocycles. The van der Waals surface area contributed by atoms with Crippen LogP contribution >= 0.6 is 0 Å². The van der Waals surface area contributed by atoms with Crippen molar-refractivity contribution in [1.82, 2.24) is 29.6 Å². The van der Waals surface area contributed by atoms with Gasteiger partial charge in [-0.2, -0.15) is 5.10 Å². The van der Waals surface area contributed by atoms with Gasteiger partial charge in [-0.25, -0.2) is 13.1 Å². The number of aromatic nitrogens is 2. The zero-order valence-corrected chi connectivity index (χ0v) is 24.2. The predicted octanol–water partition coefficient (Wildman–Crippen LogP) is 1.96. The molecular formula is C28H44N6O4S. The SMILES string of the molecule is CC(C)n1nc(C(=O)NC2C[C@H]3CC[C@@H](C2)N3CC(O)CN2CCC(CNS(C)(=O)=O)CC2)c2ccccc21. The molecule has 11 heteroatoms. The Kier molecular flexibility index (Phi) is 8.63. The molecule has 5 rings (SSSR count). The number of likely N-dealkylation sites (tertiary alicyclic amines) is 1. The molecule has 4 atom stereocenters. The van der Waals surface area contributed by atoms with E-state index in [0.717, 1.165) is 62.5 Å². The number of sulfonamides is 1. The third-order valence-electron chi connectivity index (χ3n) is 8.77. The lowest BCUT2D eigenvalue weighted by atomic mass is 9.95. The number of carbonyl (C=O) groups is 1. The molecule has 3 aliphatic rings. The van der Waals surface area contributed by atoms with E-state index in [9.17, 15) is 18.3 Å². The largest absolute Gasteiger partial charge is 0.390 e. The first-order valence-corrected chi connectivity index (χ1v) is 16.4. The molecule has 3 aliphatic heterocycles. The van der Waals surface area contributed by atoms with Crippen molar-refractivity contribution in [2.45, 2.75) is 82.6 Å².